The third-order valence-corrected chi connectivity index (χ3v) is 5.93. The fourth-order valence-corrected chi connectivity index (χ4v) is 4.05. The van der Waals surface area contributed by atoms with E-state index in [9.17, 15) is 4.79 Å². The molecule has 1 aliphatic heterocycles. The molecule has 0 bridgehead atoms. The van der Waals surface area contributed by atoms with Gasteiger partial charge in [-0.25, -0.2) is 4.79 Å². The Hall–Kier alpha value is -1.33. The van der Waals surface area contributed by atoms with Gasteiger partial charge in [-0.05, 0) is 25.5 Å². The van der Waals surface area contributed by atoms with E-state index < -0.39 is 0 Å². The maximum Gasteiger partial charge on any atom is 0.338 e. The molecule has 5 heteroatoms. The molecular formula is C26H43BrN2O2. The first kappa shape index (κ1) is 27.7. The number of ether oxygens (including phenoxy) is 1. The van der Waals surface area contributed by atoms with E-state index in [2.05, 4.69) is 24.2 Å². The van der Waals surface area contributed by atoms with Crippen LogP contribution in [0, 0.1) is 0 Å². The number of esters is 1. The van der Waals surface area contributed by atoms with Crippen molar-refractivity contribution in [3.8, 4) is 0 Å². The van der Waals surface area contributed by atoms with Crippen molar-refractivity contribution in [2.45, 2.75) is 90.9 Å². The predicted molar refractivity (Wildman–Crippen MR) is 125 cm³/mol. The average molecular weight is 496 g/mol. The van der Waals surface area contributed by atoms with Crippen LogP contribution >= 0.6 is 0 Å². The second-order valence-corrected chi connectivity index (χ2v) is 8.50. The standard InChI is InChI=1S/C26H42N2O2.BrH/c1-3-5-6-7-8-9-10-11-12-13-14-15-20-27-21-22-28(23-27)25-18-16-24(17-19-25)26(29)30-4-2;/h16-19,21-22H,3-15,20,23H2,1-2H3;1H. The molecule has 0 aliphatic carbocycles. The van der Waals surface area contributed by atoms with Crippen LogP contribution in [0.4, 0.5) is 5.69 Å². The minimum Gasteiger partial charge on any atom is -1.00 e. The van der Waals surface area contributed by atoms with E-state index in [0.717, 1.165) is 13.2 Å². The van der Waals surface area contributed by atoms with Crippen LogP contribution in [0.1, 0.15) is 101 Å². The quantitative estimate of drug-likeness (QED) is 0.283. The zero-order valence-electron chi connectivity index (χ0n) is 19.7. The number of hydrogen-bond donors (Lipinski definition) is 1. The van der Waals surface area contributed by atoms with Crippen molar-refractivity contribution in [3.63, 3.8) is 0 Å². The van der Waals surface area contributed by atoms with Crippen LogP contribution in [0.25, 0.3) is 0 Å². The summed E-state index contributed by atoms with van der Waals surface area (Å²) in [4.78, 5) is 15.5. The van der Waals surface area contributed by atoms with Gasteiger partial charge in [-0.2, -0.15) is 0 Å². The number of nitrogens with one attached hydrogen (secondary N) is 1. The van der Waals surface area contributed by atoms with Gasteiger partial charge in [0.15, 0.2) is 6.67 Å². The summed E-state index contributed by atoms with van der Waals surface area (Å²) in [5.41, 5.74) is 1.81. The van der Waals surface area contributed by atoms with Gasteiger partial charge in [0.05, 0.1) is 18.4 Å². The summed E-state index contributed by atoms with van der Waals surface area (Å²) in [7, 11) is 0. The molecule has 1 heterocycles. The van der Waals surface area contributed by atoms with Gasteiger partial charge >= 0.3 is 5.97 Å². The molecular weight excluding hydrogens is 452 g/mol. The first-order valence-corrected chi connectivity index (χ1v) is 12.3. The molecule has 0 spiro atoms. The molecule has 31 heavy (non-hydrogen) atoms. The lowest BCUT2D eigenvalue weighted by molar-refractivity contribution is -0.777. The molecule has 0 fully saturated rings. The molecule has 1 atom stereocenters. The lowest BCUT2D eigenvalue weighted by Gasteiger charge is -2.17. The number of halogens is 1. The molecule has 2 rings (SSSR count). The van der Waals surface area contributed by atoms with E-state index in [1.807, 2.05) is 31.2 Å². The lowest BCUT2D eigenvalue weighted by atomic mass is 10.1. The highest BCUT2D eigenvalue weighted by atomic mass is 79.9. The second kappa shape index (κ2) is 17.3. The van der Waals surface area contributed by atoms with Crippen molar-refractivity contribution >= 4 is 11.7 Å². The Bertz CT molecular complexity index is 618. The molecule has 1 aliphatic rings. The molecule has 0 amide bonds. The maximum atomic E-state index is 11.8. The number of rotatable bonds is 16. The summed E-state index contributed by atoms with van der Waals surface area (Å²) in [5, 5.41) is 0. The van der Waals surface area contributed by atoms with Crippen LogP contribution in [-0.2, 0) is 4.74 Å². The summed E-state index contributed by atoms with van der Waals surface area (Å²) in [6.45, 7) is 6.63. The Morgan fingerprint density at radius 3 is 1.97 bits per heavy atom. The van der Waals surface area contributed by atoms with Gasteiger partial charge in [-0.15, -0.1) is 0 Å². The number of unbranched alkanes of at least 4 members (excludes halogenated alkanes) is 11. The number of nitrogens with zero attached hydrogens (tertiary/aromatic N) is 1. The van der Waals surface area contributed by atoms with Crippen LogP contribution in [-0.4, -0.2) is 30.7 Å². The Labute approximate surface area is 200 Å². The maximum absolute atomic E-state index is 11.8. The summed E-state index contributed by atoms with van der Waals surface area (Å²) in [5.74, 6) is -0.246. The zero-order valence-corrected chi connectivity index (χ0v) is 21.3. The van der Waals surface area contributed by atoms with Crippen LogP contribution in [0.15, 0.2) is 36.7 Å². The van der Waals surface area contributed by atoms with E-state index in [4.69, 9.17) is 4.74 Å². The summed E-state index contributed by atoms with van der Waals surface area (Å²) < 4.78 is 5.05. The normalized spacial score (nSPS) is 15.2. The van der Waals surface area contributed by atoms with E-state index in [1.165, 1.54) is 87.6 Å². The molecule has 0 radical (unpaired) electrons. The van der Waals surface area contributed by atoms with Crippen molar-refractivity contribution in [1.29, 1.82) is 0 Å². The van der Waals surface area contributed by atoms with E-state index in [-0.39, 0.29) is 23.0 Å². The van der Waals surface area contributed by atoms with Crippen molar-refractivity contribution in [2.24, 2.45) is 0 Å². The number of quaternary nitrogens is 1. The van der Waals surface area contributed by atoms with E-state index >= 15 is 0 Å². The van der Waals surface area contributed by atoms with Gasteiger partial charge in [0.1, 0.15) is 11.9 Å². The van der Waals surface area contributed by atoms with Gasteiger partial charge < -0.3 is 26.6 Å². The van der Waals surface area contributed by atoms with Gasteiger partial charge in [-0.1, -0.05) is 77.6 Å². The average Bonchev–Trinajstić information content (AvgIpc) is 3.24. The molecule has 1 aromatic rings. The number of carbonyl (C=O) groups is 1. The zero-order chi connectivity index (χ0) is 21.4. The van der Waals surface area contributed by atoms with Crippen LogP contribution in [0.5, 0.6) is 0 Å². The molecule has 4 nitrogen and oxygen atoms in total. The van der Waals surface area contributed by atoms with Crippen molar-refractivity contribution < 1.29 is 31.4 Å². The first-order valence-electron chi connectivity index (χ1n) is 12.3. The highest BCUT2D eigenvalue weighted by molar-refractivity contribution is 5.89. The topological polar surface area (TPSA) is 34.0 Å². The fourth-order valence-electron chi connectivity index (χ4n) is 4.05. The van der Waals surface area contributed by atoms with Crippen LogP contribution < -0.4 is 21.9 Å². The Balaban J connectivity index is 0.00000480. The van der Waals surface area contributed by atoms with Crippen LogP contribution in [0.3, 0.4) is 0 Å². The Morgan fingerprint density at radius 1 is 0.871 bits per heavy atom. The number of hydrogen-bond acceptors (Lipinski definition) is 3. The molecule has 1 N–H and O–H groups in total. The molecule has 1 aromatic carbocycles. The van der Waals surface area contributed by atoms with Crippen molar-refractivity contribution in [3.05, 3.63) is 42.2 Å². The molecule has 0 saturated carbocycles. The van der Waals surface area contributed by atoms with Crippen LogP contribution in [0.2, 0.25) is 0 Å². The third kappa shape index (κ3) is 11.2. The number of carbonyl (C=O) groups excluding carboxylic acids is 1. The van der Waals surface area contributed by atoms with Gasteiger partial charge in [0.2, 0.25) is 0 Å². The SMILES string of the molecule is CCCCCCCCCCCCCCN1C=C[NH+](c2ccc(C(=O)OCC)cc2)C1.[Br-]. The smallest absolute Gasteiger partial charge is 0.338 e. The van der Waals surface area contributed by atoms with Gasteiger partial charge in [0.25, 0.3) is 0 Å². The summed E-state index contributed by atoms with van der Waals surface area (Å²) in [6.07, 6.45) is 21.1. The number of benzene rings is 1. The molecule has 0 aromatic heterocycles. The predicted octanol–water partition coefficient (Wildman–Crippen LogP) is 2.83. The largest absolute Gasteiger partial charge is 1.00 e. The minimum atomic E-state index is -0.246. The monoisotopic (exact) mass is 494 g/mol. The Morgan fingerprint density at radius 2 is 1.42 bits per heavy atom. The lowest BCUT2D eigenvalue weighted by Crippen LogP contribution is -3.02. The molecule has 176 valence electrons. The molecule has 1 unspecified atom stereocenters. The van der Waals surface area contributed by atoms with Crippen molar-refractivity contribution in [2.75, 3.05) is 19.8 Å². The minimum absolute atomic E-state index is 0. The van der Waals surface area contributed by atoms with Gasteiger partial charge in [-0.3, -0.25) is 4.90 Å². The first-order chi connectivity index (χ1) is 14.7. The summed E-state index contributed by atoms with van der Waals surface area (Å²) in [6, 6.07) is 7.78. The molecule has 0 saturated heterocycles. The van der Waals surface area contributed by atoms with Crippen molar-refractivity contribution in [1.82, 2.24) is 4.90 Å². The van der Waals surface area contributed by atoms with E-state index in [1.54, 1.807) is 0 Å². The highest BCUT2D eigenvalue weighted by Crippen LogP contribution is 2.13. The van der Waals surface area contributed by atoms with Gasteiger partial charge in [0, 0.05) is 18.7 Å². The highest BCUT2D eigenvalue weighted by Gasteiger charge is 2.19. The Kier molecular flexibility index (Phi) is 15.4. The summed E-state index contributed by atoms with van der Waals surface area (Å²) >= 11 is 0. The fraction of sp³-hybridized carbons (Fsp3) is 0.654. The van der Waals surface area contributed by atoms with E-state index in [0.29, 0.717) is 12.2 Å². The third-order valence-electron chi connectivity index (χ3n) is 5.93. The second-order valence-electron chi connectivity index (χ2n) is 8.50.